The fraction of sp³-hybridized carbons (Fsp3) is 0.240. The van der Waals surface area contributed by atoms with Crippen molar-refractivity contribution in [1.82, 2.24) is 0 Å². The molecule has 0 fully saturated rings. The zero-order chi connectivity index (χ0) is 24.0. The van der Waals surface area contributed by atoms with Crippen molar-refractivity contribution in [3.63, 3.8) is 0 Å². The molecule has 33 heavy (non-hydrogen) atoms. The van der Waals surface area contributed by atoms with Crippen LogP contribution in [0.4, 0.5) is 5.69 Å². The number of thiophene rings is 1. The number of methoxy groups -OCH3 is 1. The largest absolute Gasteiger partial charge is 0.496 e. The summed E-state index contributed by atoms with van der Waals surface area (Å²) in [7, 11) is 1.58. The number of benzene rings is 2. The van der Waals surface area contributed by atoms with Gasteiger partial charge in [0.1, 0.15) is 18.1 Å². The van der Waals surface area contributed by atoms with Crippen molar-refractivity contribution in [2.24, 2.45) is 0 Å². The number of nitro benzene ring substituents is 1. The lowest BCUT2D eigenvalue weighted by Crippen LogP contribution is -2.00. The van der Waals surface area contributed by atoms with Crippen LogP contribution >= 0.6 is 27.3 Å². The van der Waals surface area contributed by atoms with Crippen LogP contribution in [0.25, 0.3) is 6.08 Å². The summed E-state index contributed by atoms with van der Waals surface area (Å²) in [6, 6.07) is 12.1. The maximum absolute atomic E-state index is 12.6. The van der Waals surface area contributed by atoms with E-state index in [1.807, 2.05) is 24.3 Å². The standard InChI is InChI=1S/C25H24BrNO5S/c1-4-5-24-20(26)14-25(33-24)22(28)10-6-17-7-11-23(31-3)18(13-17)15-32-19-8-9-21(27(29)30)16(2)12-19/h6-14H,4-5,15H2,1-3H3/b10-6+. The Balaban J connectivity index is 1.74. The van der Waals surface area contributed by atoms with Crippen molar-refractivity contribution in [2.75, 3.05) is 7.11 Å². The third-order valence-electron chi connectivity index (χ3n) is 4.97. The van der Waals surface area contributed by atoms with E-state index in [0.717, 1.165) is 28.4 Å². The predicted octanol–water partition coefficient (Wildman–Crippen LogP) is 7.16. The number of nitro groups is 1. The summed E-state index contributed by atoms with van der Waals surface area (Å²) in [6.45, 7) is 4.00. The molecule has 1 heterocycles. The quantitative estimate of drug-likeness (QED) is 0.120. The number of carbonyl (C=O) groups excluding carboxylic acids is 1. The number of hydrogen-bond acceptors (Lipinski definition) is 6. The van der Waals surface area contributed by atoms with Crippen LogP contribution in [0, 0.1) is 17.0 Å². The maximum Gasteiger partial charge on any atom is 0.272 e. The average Bonchev–Trinajstić information content (AvgIpc) is 3.16. The molecule has 3 rings (SSSR count). The normalized spacial score (nSPS) is 11.0. The molecule has 0 amide bonds. The van der Waals surface area contributed by atoms with Gasteiger partial charge in [-0.1, -0.05) is 25.5 Å². The van der Waals surface area contributed by atoms with Crippen LogP contribution in [-0.4, -0.2) is 17.8 Å². The molecular formula is C25H24BrNO5S. The van der Waals surface area contributed by atoms with Crippen molar-refractivity contribution < 1.29 is 19.2 Å². The second-order valence-corrected chi connectivity index (χ2v) is 9.39. The molecule has 2 aromatic carbocycles. The van der Waals surface area contributed by atoms with Gasteiger partial charge in [-0.05, 0) is 71.2 Å². The van der Waals surface area contributed by atoms with Crippen molar-refractivity contribution in [2.45, 2.75) is 33.3 Å². The molecule has 0 radical (unpaired) electrons. The van der Waals surface area contributed by atoms with E-state index in [9.17, 15) is 14.9 Å². The average molecular weight is 530 g/mol. The summed E-state index contributed by atoms with van der Waals surface area (Å²) >= 11 is 5.05. The lowest BCUT2D eigenvalue weighted by atomic mass is 10.1. The molecule has 0 atom stereocenters. The zero-order valence-electron chi connectivity index (χ0n) is 18.6. The SMILES string of the molecule is CCCc1sc(C(=O)/C=C/c2ccc(OC)c(COc3ccc([N+](=O)[O-])c(C)c3)c2)cc1Br. The molecule has 0 aliphatic carbocycles. The molecule has 0 N–H and O–H groups in total. The lowest BCUT2D eigenvalue weighted by Gasteiger charge is -2.12. The number of allylic oxidation sites excluding steroid dienone is 1. The van der Waals surface area contributed by atoms with Crippen molar-refractivity contribution >= 4 is 44.8 Å². The van der Waals surface area contributed by atoms with Crippen LogP contribution in [0.2, 0.25) is 0 Å². The van der Waals surface area contributed by atoms with E-state index in [4.69, 9.17) is 9.47 Å². The monoisotopic (exact) mass is 529 g/mol. The first-order chi connectivity index (χ1) is 15.8. The van der Waals surface area contributed by atoms with E-state index in [-0.39, 0.29) is 18.1 Å². The Bertz CT molecular complexity index is 1200. The van der Waals surface area contributed by atoms with Gasteiger partial charge in [-0.3, -0.25) is 14.9 Å². The summed E-state index contributed by atoms with van der Waals surface area (Å²) in [5, 5.41) is 11.0. The highest BCUT2D eigenvalue weighted by atomic mass is 79.9. The van der Waals surface area contributed by atoms with Crippen LogP contribution in [0.1, 0.15) is 44.6 Å². The predicted molar refractivity (Wildman–Crippen MR) is 135 cm³/mol. The minimum Gasteiger partial charge on any atom is -0.496 e. The molecule has 0 aliphatic heterocycles. The van der Waals surface area contributed by atoms with Gasteiger partial charge in [-0.25, -0.2) is 0 Å². The van der Waals surface area contributed by atoms with E-state index >= 15 is 0 Å². The molecule has 0 saturated carbocycles. The third-order valence-corrected chi connectivity index (χ3v) is 7.15. The minimum absolute atomic E-state index is 0.0435. The fourth-order valence-electron chi connectivity index (χ4n) is 3.28. The molecule has 1 aromatic heterocycles. The molecule has 0 unspecified atom stereocenters. The molecule has 6 nitrogen and oxygen atoms in total. The number of ketones is 1. The molecule has 0 aliphatic rings. The Morgan fingerprint density at radius 3 is 2.67 bits per heavy atom. The van der Waals surface area contributed by atoms with Crippen LogP contribution in [0.3, 0.4) is 0 Å². The second-order valence-electron chi connectivity index (χ2n) is 7.39. The molecule has 0 saturated heterocycles. The number of hydrogen-bond donors (Lipinski definition) is 0. The van der Waals surface area contributed by atoms with Crippen molar-refractivity contribution in [1.29, 1.82) is 0 Å². The minimum atomic E-state index is -0.418. The maximum atomic E-state index is 12.6. The Kier molecular flexibility index (Phi) is 8.41. The summed E-state index contributed by atoms with van der Waals surface area (Å²) < 4.78 is 12.3. The molecule has 0 bridgehead atoms. The molecule has 8 heteroatoms. The van der Waals surface area contributed by atoms with E-state index in [0.29, 0.717) is 21.9 Å². The first-order valence-electron chi connectivity index (χ1n) is 10.4. The van der Waals surface area contributed by atoms with E-state index in [2.05, 4.69) is 22.9 Å². The number of rotatable bonds is 10. The first-order valence-corrected chi connectivity index (χ1v) is 12.0. The summed E-state index contributed by atoms with van der Waals surface area (Å²) in [4.78, 5) is 25.1. The van der Waals surface area contributed by atoms with Gasteiger partial charge in [0, 0.05) is 26.5 Å². The van der Waals surface area contributed by atoms with E-state index in [1.165, 1.54) is 22.3 Å². The van der Waals surface area contributed by atoms with Gasteiger partial charge in [0.2, 0.25) is 0 Å². The molecule has 3 aromatic rings. The fourth-order valence-corrected chi connectivity index (χ4v) is 5.17. The highest BCUT2D eigenvalue weighted by Crippen LogP contribution is 2.30. The molecule has 172 valence electrons. The second kappa shape index (κ2) is 11.2. The third kappa shape index (κ3) is 6.30. The van der Waals surface area contributed by atoms with Gasteiger partial charge < -0.3 is 9.47 Å². The van der Waals surface area contributed by atoms with Gasteiger partial charge in [0.05, 0.1) is 16.9 Å². The Labute approximate surface area is 205 Å². The Morgan fingerprint density at radius 1 is 1.21 bits per heavy atom. The van der Waals surface area contributed by atoms with Gasteiger partial charge in [-0.15, -0.1) is 11.3 Å². The Hall–Kier alpha value is -2.97. The van der Waals surface area contributed by atoms with Crippen molar-refractivity contribution in [3.8, 4) is 11.5 Å². The van der Waals surface area contributed by atoms with Crippen molar-refractivity contribution in [3.05, 3.63) is 89.6 Å². The van der Waals surface area contributed by atoms with Gasteiger partial charge in [0.25, 0.3) is 5.69 Å². The van der Waals surface area contributed by atoms with Crippen LogP contribution in [0.5, 0.6) is 11.5 Å². The highest BCUT2D eigenvalue weighted by molar-refractivity contribution is 9.10. The van der Waals surface area contributed by atoms with Gasteiger partial charge in [-0.2, -0.15) is 0 Å². The number of halogens is 1. The van der Waals surface area contributed by atoms with E-state index < -0.39 is 4.92 Å². The van der Waals surface area contributed by atoms with Gasteiger partial charge in [0.15, 0.2) is 5.78 Å². The summed E-state index contributed by atoms with van der Waals surface area (Å²) in [5.74, 6) is 1.14. The van der Waals surface area contributed by atoms with Gasteiger partial charge >= 0.3 is 0 Å². The van der Waals surface area contributed by atoms with Crippen LogP contribution in [0.15, 0.2) is 53.0 Å². The van der Waals surface area contributed by atoms with Crippen LogP contribution in [-0.2, 0) is 13.0 Å². The Morgan fingerprint density at radius 2 is 2.00 bits per heavy atom. The summed E-state index contributed by atoms with van der Waals surface area (Å²) in [5.41, 5.74) is 2.22. The smallest absolute Gasteiger partial charge is 0.272 e. The number of carbonyl (C=O) groups is 1. The molecule has 0 spiro atoms. The van der Waals surface area contributed by atoms with E-state index in [1.54, 1.807) is 38.3 Å². The number of nitrogens with zero attached hydrogens (tertiary/aromatic N) is 1. The molecular weight excluding hydrogens is 506 g/mol. The lowest BCUT2D eigenvalue weighted by molar-refractivity contribution is -0.385. The first kappa shape index (κ1) is 24.7. The number of ether oxygens (including phenoxy) is 2. The van der Waals surface area contributed by atoms with Crippen LogP contribution < -0.4 is 9.47 Å². The summed E-state index contributed by atoms with van der Waals surface area (Å²) in [6.07, 6.45) is 5.31. The number of aryl methyl sites for hydroxylation is 2. The topological polar surface area (TPSA) is 78.7 Å². The zero-order valence-corrected chi connectivity index (χ0v) is 21.0. The highest BCUT2D eigenvalue weighted by Gasteiger charge is 2.13.